The van der Waals surface area contributed by atoms with Gasteiger partial charge in [-0.25, -0.2) is 0 Å². The molecule has 4 nitrogen and oxygen atoms in total. The zero-order chi connectivity index (χ0) is 13.1. The zero-order valence-corrected chi connectivity index (χ0v) is 10.6. The summed E-state index contributed by atoms with van der Waals surface area (Å²) in [5, 5.41) is 10.1. The molecular weight excluding hydrogens is 230 g/mol. The number of hydrogen-bond acceptors (Lipinski definition) is 3. The van der Waals surface area contributed by atoms with Gasteiger partial charge in [-0.15, -0.1) is 0 Å². The molecule has 0 saturated carbocycles. The normalized spacial score (nSPS) is 12.6. The molecule has 1 aromatic carbocycles. The fourth-order valence-electron chi connectivity index (χ4n) is 1.83. The smallest absolute Gasteiger partial charge is 0.257 e. The molecule has 0 aliphatic rings. The molecule has 0 radical (unpaired) electrons. The second kappa shape index (κ2) is 5.23. The predicted octanol–water partition coefficient (Wildman–Crippen LogP) is 2.28. The van der Waals surface area contributed by atoms with E-state index in [-0.39, 0.29) is 5.91 Å². The molecule has 0 aliphatic carbocycles. The van der Waals surface area contributed by atoms with Gasteiger partial charge in [0.2, 0.25) is 0 Å². The Morgan fingerprint density at radius 1 is 1.44 bits per heavy atom. The topological polar surface area (TPSA) is 53.7 Å². The molecular formula is C14H17NO3. The minimum Gasteiger partial charge on any atom is -0.463 e. The Morgan fingerprint density at radius 2 is 2.17 bits per heavy atom. The molecule has 2 aromatic rings. The number of hydrogen-bond donors (Lipinski definition) is 1. The van der Waals surface area contributed by atoms with E-state index >= 15 is 0 Å². The van der Waals surface area contributed by atoms with E-state index in [1.54, 1.807) is 18.9 Å². The summed E-state index contributed by atoms with van der Waals surface area (Å²) < 4.78 is 5.35. The minimum absolute atomic E-state index is 0.0828. The van der Waals surface area contributed by atoms with E-state index < -0.39 is 6.10 Å². The number of aliphatic hydroxyl groups is 1. The van der Waals surface area contributed by atoms with E-state index in [9.17, 15) is 9.90 Å². The second-order valence-electron chi connectivity index (χ2n) is 4.51. The SMILES string of the molecule is CC(O)CCN(C)C(=O)c1coc2ccccc12. The van der Waals surface area contributed by atoms with Gasteiger partial charge in [-0.2, -0.15) is 0 Å². The third-order valence-corrected chi connectivity index (χ3v) is 2.94. The number of carbonyl (C=O) groups excluding carboxylic acids is 1. The Hall–Kier alpha value is -1.81. The summed E-state index contributed by atoms with van der Waals surface area (Å²) in [5.41, 5.74) is 1.28. The van der Waals surface area contributed by atoms with Crippen LogP contribution in [-0.2, 0) is 0 Å². The molecule has 0 spiro atoms. The molecule has 4 heteroatoms. The number of benzene rings is 1. The summed E-state index contributed by atoms with van der Waals surface area (Å²) in [7, 11) is 1.73. The quantitative estimate of drug-likeness (QED) is 0.901. The summed E-state index contributed by atoms with van der Waals surface area (Å²) in [6, 6.07) is 7.46. The average molecular weight is 247 g/mol. The average Bonchev–Trinajstić information content (AvgIpc) is 2.78. The molecule has 1 unspecified atom stereocenters. The highest BCUT2D eigenvalue weighted by Crippen LogP contribution is 2.21. The van der Waals surface area contributed by atoms with Gasteiger partial charge in [-0.1, -0.05) is 18.2 Å². The van der Waals surface area contributed by atoms with Gasteiger partial charge >= 0.3 is 0 Å². The van der Waals surface area contributed by atoms with Crippen molar-refractivity contribution in [3.63, 3.8) is 0 Å². The molecule has 1 N–H and O–H groups in total. The Labute approximate surface area is 106 Å². The second-order valence-corrected chi connectivity index (χ2v) is 4.51. The number of rotatable bonds is 4. The van der Waals surface area contributed by atoms with Gasteiger partial charge in [0, 0.05) is 19.0 Å². The van der Waals surface area contributed by atoms with Crippen molar-refractivity contribution in [1.29, 1.82) is 0 Å². The van der Waals surface area contributed by atoms with E-state index in [1.807, 2.05) is 24.3 Å². The monoisotopic (exact) mass is 247 g/mol. The van der Waals surface area contributed by atoms with E-state index in [2.05, 4.69) is 0 Å². The number of amides is 1. The maximum absolute atomic E-state index is 12.2. The highest BCUT2D eigenvalue weighted by atomic mass is 16.3. The van der Waals surface area contributed by atoms with Gasteiger partial charge in [0.25, 0.3) is 5.91 Å². The minimum atomic E-state index is -0.402. The van der Waals surface area contributed by atoms with Crippen LogP contribution in [0.5, 0.6) is 0 Å². The van der Waals surface area contributed by atoms with Crippen LogP contribution in [0, 0.1) is 0 Å². The number of para-hydroxylation sites is 1. The third kappa shape index (κ3) is 2.54. The molecule has 0 bridgehead atoms. The largest absolute Gasteiger partial charge is 0.463 e. The van der Waals surface area contributed by atoms with Crippen LogP contribution in [0.1, 0.15) is 23.7 Å². The number of furan rings is 1. The van der Waals surface area contributed by atoms with Gasteiger partial charge in [-0.3, -0.25) is 4.79 Å². The van der Waals surface area contributed by atoms with Crippen LogP contribution < -0.4 is 0 Å². The van der Waals surface area contributed by atoms with Crippen molar-refractivity contribution in [3.8, 4) is 0 Å². The maximum Gasteiger partial charge on any atom is 0.257 e. The molecule has 1 aromatic heterocycles. The first kappa shape index (κ1) is 12.6. The van der Waals surface area contributed by atoms with Crippen molar-refractivity contribution >= 4 is 16.9 Å². The Morgan fingerprint density at radius 3 is 2.89 bits per heavy atom. The van der Waals surface area contributed by atoms with Crippen LogP contribution in [0.15, 0.2) is 34.9 Å². The molecule has 0 fully saturated rings. The van der Waals surface area contributed by atoms with Crippen molar-refractivity contribution in [2.45, 2.75) is 19.4 Å². The molecule has 1 heterocycles. The van der Waals surface area contributed by atoms with Crippen molar-refractivity contribution < 1.29 is 14.3 Å². The van der Waals surface area contributed by atoms with E-state index in [1.165, 1.54) is 6.26 Å². The van der Waals surface area contributed by atoms with Gasteiger partial charge in [0.05, 0.1) is 11.7 Å². The van der Waals surface area contributed by atoms with Crippen LogP contribution in [0.2, 0.25) is 0 Å². The standard InChI is InChI=1S/C14H17NO3/c1-10(16)7-8-15(2)14(17)12-9-18-13-6-4-3-5-11(12)13/h3-6,9-10,16H,7-8H2,1-2H3. The molecule has 96 valence electrons. The highest BCUT2D eigenvalue weighted by Gasteiger charge is 2.17. The van der Waals surface area contributed by atoms with Gasteiger partial charge in [-0.05, 0) is 19.4 Å². The van der Waals surface area contributed by atoms with Crippen molar-refractivity contribution in [2.75, 3.05) is 13.6 Å². The first-order valence-corrected chi connectivity index (χ1v) is 5.99. The van der Waals surface area contributed by atoms with Crippen LogP contribution in [0.4, 0.5) is 0 Å². The van der Waals surface area contributed by atoms with Crippen molar-refractivity contribution in [1.82, 2.24) is 4.90 Å². The van der Waals surface area contributed by atoms with Crippen molar-refractivity contribution in [3.05, 3.63) is 36.1 Å². The predicted molar refractivity (Wildman–Crippen MR) is 69.5 cm³/mol. The lowest BCUT2D eigenvalue weighted by Gasteiger charge is -2.17. The summed E-state index contributed by atoms with van der Waals surface area (Å²) >= 11 is 0. The number of nitrogens with zero attached hydrogens (tertiary/aromatic N) is 1. The lowest BCUT2D eigenvalue weighted by atomic mass is 10.1. The Bertz CT molecular complexity index is 545. The first-order chi connectivity index (χ1) is 8.59. The van der Waals surface area contributed by atoms with Gasteiger partial charge in [0.15, 0.2) is 0 Å². The first-order valence-electron chi connectivity index (χ1n) is 5.99. The Balaban J connectivity index is 2.18. The molecule has 18 heavy (non-hydrogen) atoms. The van der Waals surface area contributed by atoms with Crippen LogP contribution in [0.25, 0.3) is 11.0 Å². The summed E-state index contributed by atoms with van der Waals surface area (Å²) in [6.45, 7) is 2.24. The summed E-state index contributed by atoms with van der Waals surface area (Å²) in [4.78, 5) is 13.8. The number of fused-ring (bicyclic) bond motifs is 1. The number of aliphatic hydroxyl groups excluding tert-OH is 1. The van der Waals surface area contributed by atoms with Gasteiger partial charge < -0.3 is 14.4 Å². The lowest BCUT2D eigenvalue weighted by molar-refractivity contribution is 0.0770. The molecule has 0 aliphatic heterocycles. The summed E-state index contributed by atoms with van der Waals surface area (Å²) in [5.74, 6) is -0.0828. The Kier molecular flexibility index (Phi) is 3.67. The van der Waals surface area contributed by atoms with E-state index in [0.717, 1.165) is 5.39 Å². The molecule has 1 atom stereocenters. The molecule has 1 amide bonds. The van der Waals surface area contributed by atoms with E-state index in [0.29, 0.717) is 24.1 Å². The van der Waals surface area contributed by atoms with Gasteiger partial charge in [0.1, 0.15) is 11.8 Å². The van der Waals surface area contributed by atoms with E-state index in [4.69, 9.17) is 4.42 Å². The fraction of sp³-hybridized carbons (Fsp3) is 0.357. The third-order valence-electron chi connectivity index (χ3n) is 2.94. The molecule has 2 rings (SSSR count). The molecule has 0 saturated heterocycles. The summed E-state index contributed by atoms with van der Waals surface area (Å²) in [6.07, 6.45) is 1.66. The van der Waals surface area contributed by atoms with Crippen molar-refractivity contribution in [2.24, 2.45) is 0 Å². The fourth-order valence-corrected chi connectivity index (χ4v) is 1.83. The van der Waals surface area contributed by atoms with Crippen LogP contribution >= 0.6 is 0 Å². The highest BCUT2D eigenvalue weighted by molar-refractivity contribution is 6.05. The number of carbonyl (C=O) groups is 1. The maximum atomic E-state index is 12.2. The van der Waals surface area contributed by atoms with Crippen LogP contribution in [0.3, 0.4) is 0 Å². The van der Waals surface area contributed by atoms with Crippen LogP contribution in [-0.4, -0.2) is 35.6 Å². The lowest BCUT2D eigenvalue weighted by Crippen LogP contribution is -2.29. The zero-order valence-electron chi connectivity index (χ0n) is 10.6.